The Balaban J connectivity index is 2.68. The summed E-state index contributed by atoms with van der Waals surface area (Å²) in [5.41, 5.74) is 2.73. The summed E-state index contributed by atoms with van der Waals surface area (Å²) in [6.07, 6.45) is 4.42. The van der Waals surface area contributed by atoms with E-state index in [1.54, 1.807) is 0 Å². The van der Waals surface area contributed by atoms with Crippen molar-refractivity contribution >= 4 is 29.8 Å². The average molecular weight is 369 g/mol. The van der Waals surface area contributed by atoms with Crippen molar-refractivity contribution in [2.45, 2.75) is 58.7 Å². The molecule has 0 amide bonds. The molecule has 0 unspecified atom stereocenters. The topological polar surface area (TPSA) is 9.23 Å². The van der Waals surface area contributed by atoms with Gasteiger partial charge >= 0.3 is 0 Å². The van der Waals surface area contributed by atoms with Crippen LogP contribution in [0.5, 0.6) is 0 Å². The van der Waals surface area contributed by atoms with Crippen LogP contribution in [0, 0.1) is 0 Å². The zero-order chi connectivity index (χ0) is 15.7. The van der Waals surface area contributed by atoms with Gasteiger partial charge in [0.1, 0.15) is 0 Å². The normalized spacial score (nSPS) is 12.7. The van der Waals surface area contributed by atoms with Crippen molar-refractivity contribution in [3.63, 3.8) is 0 Å². The third-order valence-electron chi connectivity index (χ3n) is 4.38. The average Bonchev–Trinajstić information content (AvgIpc) is 2.52. The van der Waals surface area contributed by atoms with Gasteiger partial charge in [-0.2, -0.15) is 0 Å². The van der Waals surface area contributed by atoms with Gasteiger partial charge in [-0.05, 0) is 54.2 Å². The van der Waals surface area contributed by atoms with Crippen molar-refractivity contribution in [3.8, 4) is 0 Å². The molecular weight excluding hydrogens is 340 g/mol. The molecule has 0 saturated carbocycles. The first-order valence-corrected chi connectivity index (χ1v) is 11.5. The van der Waals surface area contributed by atoms with Crippen molar-refractivity contribution < 1.29 is 4.43 Å². The first-order chi connectivity index (χ1) is 10.1. The molecular formula is C18H29BrOSi. The minimum Gasteiger partial charge on any atom is -0.416 e. The lowest BCUT2D eigenvalue weighted by Gasteiger charge is -2.28. The highest BCUT2D eigenvalue weighted by Gasteiger charge is 2.28. The van der Waals surface area contributed by atoms with Gasteiger partial charge in [-0.1, -0.05) is 61.8 Å². The summed E-state index contributed by atoms with van der Waals surface area (Å²) in [5.74, 6) is 0. The molecule has 0 aromatic heterocycles. The maximum atomic E-state index is 6.39. The second-order valence-corrected chi connectivity index (χ2v) is 11.2. The molecule has 0 heterocycles. The number of benzene rings is 1. The van der Waals surface area contributed by atoms with Crippen LogP contribution in [0.1, 0.15) is 46.1 Å². The molecule has 1 nitrogen and oxygen atoms in total. The van der Waals surface area contributed by atoms with Gasteiger partial charge in [0.2, 0.25) is 0 Å². The summed E-state index contributed by atoms with van der Waals surface area (Å²) in [7, 11) is -1.45. The third-order valence-corrected chi connectivity index (χ3v) is 9.59. The Bertz CT molecular complexity index is 427. The van der Waals surface area contributed by atoms with Crippen LogP contribution in [-0.4, -0.2) is 14.9 Å². The van der Waals surface area contributed by atoms with Gasteiger partial charge in [-0.15, -0.1) is 0 Å². The van der Waals surface area contributed by atoms with Crippen molar-refractivity contribution in [2.75, 3.05) is 6.61 Å². The van der Waals surface area contributed by atoms with Gasteiger partial charge in [0, 0.05) is 11.1 Å². The largest absolute Gasteiger partial charge is 0.416 e. The molecule has 0 N–H and O–H groups in total. The fraction of sp³-hybridized carbons (Fsp3) is 0.556. The van der Waals surface area contributed by atoms with Crippen LogP contribution in [0.15, 0.2) is 34.8 Å². The third kappa shape index (κ3) is 5.72. The maximum absolute atomic E-state index is 6.39. The van der Waals surface area contributed by atoms with Crippen LogP contribution in [-0.2, 0) is 4.43 Å². The number of allylic oxidation sites excluding steroid dienone is 1. The Hall–Kier alpha value is -0.383. The Morgan fingerprint density at radius 1 is 1.05 bits per heavy atom. The SMILES string of the molecule is CC/C=C(/CCO[Si](CC)(CC)CC)c1ccc(Br)cc1. The Kier molecular flexibility index (Phi) is 8.53. The molecule has 0 atom stereocenters. The van der Waals surface area contributed by atoms with E-state index < -0.39 is 8.32 Å². The van der Waals surface area contributed by atoms with E-state index >= 15 is 0 Å². The van der Waals surface area contributed by atoms with E-state index in [9.17, 15) is 0 Å². The van der Waals surface area contributed by atoms with E-state index in [1.807, 2.05) is 0 Å². The number of rotatable bonds is 9. The molecule has 1 rings (SSSR count). The van der Waals surface area contributed by atoms with Crippen molar-refractivity contribution in [2.24, 2.45) is 0 Å². The highest BCUT2D eigenvalue weighted by Crippen LogP contribution is 2.25. The lowest BCUT2D eigenvalue weighted by molar-refractivity contribution is 0.308. The zero-order valence-electron chi connectivity index (χ0n) is 13.9. The number of hydrogen-bond acceptors (Lipinski definition) is 1. The van der Waals surface area contributed by atoms with Gasteiger partial charge in [-0.3, -0.25) is 0 Å². The molecule has 0 bridgehead atoms. The van der Waals surface area contributed by atoms with Gasteiger partial charge in [-0.25, -0.2) is 0 Å². The fourth-order valence-corrected chi connectivity index (χ4v) is 5.62. The highest BCUT2D eigenvalue weighted by atomic mass is 79.9. The van der Waals surface area contributed by atoms with Crippen LogP contribution in [0.3, 0.4) is 0 Å². The molecule has 1 aromatic carbocycles. The quantitative estimate of drug-likeness (QED) is 0.443. The van der Waals surface area contributed by atoms with Gasteiger partial charge in [0.25, 0.3) is 0 Å². The predicted molar refractivity (Wildman–Crippen MR) is 100 cm³/mol. The first kappa shape index (κ1) is 18.7. The summed E-state index contributed by atoms with van der Waals surface area (Å²) in [6.45, 7) is 9.93. The smallest absolute Gasteiger partial charge is 0.191 e. The minimum atomic E-state index is -1.45. The lowest BCUT2D eigenvalue weighted by atomic mass is 10.0. The van der Waals surface area contributed by atoms with Gasteiger partial charge < -0.3 is 4.43 Å². The van der Waals surface area contributed by atoms with E-state index in [2.05, 4.69) is 74.0 Å². The molecule has 3 heteroatoms. The summed E-state index contributed by atoms with van der Waals surface area (Å²) in [5, 5.41) is 0. The van der Waals surface area contributed by atoms with Crippen molar-refractivity contribution in [1.29, 1.82) is 0 Å². The van der Waals surface area contributed by atoms with Gasteiger partial charge in [0.05, 0.1) is 0 Å². The lowest BCUT2D eigenvalue weighted by Crippen LogP contribution is -2.36. The molecule has 0 saturated heterocycles. The second kappa shape index (κ2) is 9.60. The maximum Gasteiger partial charge on any atom is 0.191 e. The van der Waals surface area contributed by atoms with Gasteiger partial charge in [0.15, 0.2) is 8.32 Å². The molecule has 118 valence electrons. The summed E-state index contributed by atoms with van der Waals surface area (Å²) in [4.78, 5) is 0. The highest BCUT2D eigenvalue weighted by molar-refractivity contribution is 9.10. The van der Waals surface area contributed by atoms with Crippen LogP contribution >= 0.6 is 15.9 Å². The second-order valence-electron chi connectivity index (χ2n) is 5.49. The zero-order valence-corrected chi connectivity index (χ0v) is 16.5. The van der Waals surface area contributed by atoms with Crippen LogP contribution < -0.4 is 0 Å². The Morgan fingerprint density at radius 3 is 2.10 bits per heavy atom. The minimum absolute atomic E-state index is 0.865. The Labute approximate surface area is 140 Å². The van der Waals surface area contributed by atoms with Crippen molar-refractivity contribution in [3.05, 3.63) is 40.4 Å². The van der Waals surface area contributed by atoms with Crippen molar-refractivity contribution in [1.82, 2.24) is 0 Å². The molecule has 0 aliphatic rings. The van der Waals surface area contributed by atoms with Crippen LogP contribution in [0.2, 0.25) is 18.1 Å². The first-order valence-electron chi connectivity index (χ1n) is 8.19. The molecule has 0 fully saturated rings. The summed E-state index contributed by atoms with van der Waals surface area (Å²) in [6, 6.07) is 12.3. The van der Waals surface area contributed by atoms with E-state index in [1.165, 1.54) is 29.3 Å². The van der Waals surface area contributed by atoms with Crippen LogP contribution in [0.25, 0.3) is 5.57 Å². The molecule has 0 spiro atoms. The van der Waals surface area contributed by atoms with E-state index in [4.69, 9.17) is 4.43 Å². The number of hydrogen-bond donors (Lipinski definition) is 0. The monoisotopic (exact) mass is 368 g/mol. The standard InChI is InChI=1S/C18H29BrOSi/c1-5-9-16(17-10-12-18(19)13-11-17)14-15-20-21(6-2,7-3)8-4/h9-13H,5-8,14-15H2,1-4H3/b16-9-. The molecule has 1 aromatic rings. The summed E-state index contributed by atoms with van der Waals surface area (Å²) >= 11 is 3.50. The van der Waals surface area contributed by atoms with E-state index in [0.717, 1.165) is 23.9 Å². The number of halogens is 1. The van der Waals surface area contributed by atoms with Crippen LogP contribution in [0.4, 0.5) is 0 Å². The summed E-state index contributed by atoms with van der Waals surface area (Å²) < 4.78 is 7.52. The molecule has 0 aliphatic carbocycles. The molecule has 21 heavy (non-hydrogen) atoms. The van der Waals surface area contributed by atoms with E-state index in [-0.39, 0.29) is 0 Å². The van der Waals surface area contributed by atoms with E-state index in [0.29, 0.717) is 0 Å². The molecule has 0 radical (unpaired) electrons. The molecule has 0 aliphatic heterocycles. The predicted octanol–water partition coefficient (Wildman–Crippen LogP) is 6.65. The fourth-order valence-electron chi connectivity index (χ4n) is 2.71. The Morgan fingerprint density at radius 2 is 1.62 bits per heavy atom.